The van der Waals surface area contributed by atoms with Crippen LogP contribution in [0.15, 0.2) is 48.5 Å². The molecule has 2 aromatic carbocycles. The van der Waals surface area contributed by atoms with Crippen LogP contribution >= 0.6 is 0 Å². The molecule has 0 spiro atoms. The summed E-state index contributed by atoms with van der Waals surface area (Å²) in [4.78, 5) is 0. The van der Waals surface area contributed by atoms with Gasteiger partial charge in [-0.15, -0.1) is 0 Å². The van der Waals surface area contributed by atoms with Crippen LogP contribution < -0.4 is 15.2 Å². The zero-order chi connectivity index (χ0) is 13.7. The second-order valence-corrected chi connectivity index (χ2v) is 4.08. The molecule has 4 heteroatoms. The summed E-state index contributed by atoms with van der Waals surface area (Å²) in [7, 11) is 1.64. The number of methoxy groups -OCH3 is 1. The number of hydrogen-bond donors (Lipinski definition) is 2. The Balaban J connectivity index is 1.99. The average Bonchev–Trinajstić information content (AvgIpc) is 2.46. The fourth-order valence-corrected chi connectivity index (χ4v) is 1.66. The third-order valence-corrected chi connectivity index (χ3v) is 2.70. The summed E-state index contributed by atoms with van der Waals surface area (Å²) < 4.78 is 10.8. The van der Waals surface area contributed by atoms with Crippen LogP contribution in [0.4, 0.5) is 0 Å². The normalized spacial score (nSPS) is 9.95. The van der Waals surface area contributed by atoms with E-state index < -0.39 is 0 Å². The van der Waals surface area contributed by atoms with E-state index >= 15 is 0 Å². The van der Waals surface area contributed by atoms with Crippen molar-refractivity contribution < 1.29 is 9.47 Å². The van der Waals surface area contributed by atoms with Gasteiger partial charge in [0, 0.05) is 5.56 Å². The first-order valence-corrected chi connectivity index (χ1v) is 5.89. The summed E-state index contributed by atoms with van der Waals surface area (Å²) in [5.41, 5.74) is 7.12. The van der Waals surface area contributed by atoms with Gasteiger partial charge in [0.15, 0.2) is 0 Å². The lowest BCUT2D eigenvalue weighted by atomic mass is 10.2. The first kappa shape index (κ1) is 13.0. The number of hydrogen-bond acceptors (Lipinski definition) is 3. The Morgan fingerprint density at radius 3 is 2.47 bits per heavy atom. The minimum Gasteiger partial charge on any atom is -0.497 e. The van der Waals surface area contributed by atoms with Gasteiger partial charge in [0.1, 0.15) is 23.9 Å². The molecular formula is C15H16N2O2. The van der Waals surface area contributed by atoms with E-state index in [1.165, 1.54) is 0 Å². The maximum atomic E-state index is 7.31. The molecule has 0 aromatic heterocycles. The monoisotopic (exact) mass is 256 g/mol. The Bertz CT molecular complexity index is 565. The molecule has 0 aliphatic rings. The summed E-state index contributed by atoms with van der Waals surface area (Å²) >= 11 is 0. The van der Waals surface area contributed by atoms with E-state index in [1.807, 2.05) is 24.3 Å². The van der Waals surface area contributed by atoms with E-state index in [0.717, 1.165) is 17.1 Å². The number of benzene rings is 2. The molecule has 0 heterocycles. The van der Waals surface area contributed by atoms with Gasteiger partial charge in [0.2, 0.25) is 0 Å². The van der Waals surface area contributed by atoms with Gasteiger partial charge in [0.05, 0.1) is 7.11 Å². The van der Waals surface area contributed by atoms with Gasteiger partial charge in [-0.05, 0) is 42.0 Å². The molecule has 0 aliphatic heterocycles. The van der Waals surface area contributed by atoms with Crippen LogP contribution in [-0.2, 0) is 6.61 Å². The number of nitrogens with two attached hydrogens (primary N) is 1. The predicted octanol–water partition coefficient (Wildman–Crippen LogP) is 2.56. The van der Waals surface area contributed by atoms with Crippen LogP contribution in [0.3, 0.4) is 0 Å². The molecule has 0 saturated heterocycles. The van der Waals surface area contributed by atoms with Crippen molar-refractivity contribution in [3.05, 3.63) is 59.7 Å². The number of nitrogens with one attached hydrogen (secondary N) is 1. The number of nitrogen functional groups attached to an aromatic ring is 1. The zero-order valence-electron chi connectivity index (χ0n) is 10.7. The van der Waals surface area contributed by atoms with E-state index in [4.69, 9.17) is 20.6 Å². The summed E-state index contributed by atoms with van der Waals surface area (Å²) in [6, 6.07) is 14.9. The van der Waals surface area contributed by atoms with Gasteiger partial charge < -0.3 is 15.2 Å². The summed E-state index contributed by atoms with van der Waals surface area (Å²) in [5.74, 6) is 1.61. The van der Waals surface area contributed by atoms with Crippen LogP contribution in [0.2, 0.25) is 0 Å². The van der Waals surface area contributed by atoms with Crippen molar-refractivity contribution in [2.75, 3.05) is 7.11 Å². The topological polar surface area (TPSA) is 68.3 Å². The standard InChI is InChI=1S/C15H16N2O2/c1-18-14-4-2-3-11(9-14)10-19-13-7-5-12(6-8-13)15(16)17/h2-9H,10H2,1H3,(H3,16,17). The molecule has 2 rings (SSSR count). The molecule has 4 nitrogen and oxygen atoms in total. The van der Waals surface area contributed by atoms with Crippen molar-refractivity contribution in [2.45, 2.75) is 6.61 Å². The molecule has 0 atom stereocenters. The van der Waals surface area contributed by atoms with Crippen molar-refractivity contribution >= 4 is 5.84 Å². The van der Waals surface area contributed by atoms with Gasteiger partial charge in [-0.25, -0.2) is 0 Å². The molecule has 2 aromatic rings. The number of rotatable bonds is 5. The van der Waals surface area contributed by atoms with E-state index in [2.05, 4.69) is 0 Å². The van der Waals surface area contributed by atoms with Gasteiger partial charge in [-0.2, -0.15) is 0 Å². The average molecular weight is 256 g/mol. The molecule has 0 radical (unpaired) electrons. The van der Waals surface area contributed by atoms with Crippen LogP contribution in [0.1, 0.15) is 11.1 Å². The first-order valence-electron chi connectivity index (χ1n) is 5.89. The number of amidine groups is 1. The van der Waals surface area contributed by atoms with Gasteiger partial charge in [0.25, 0.3) is 0 Å². The molecule has 0 unspecified atom stereocenters. The molecule has 0 amide bonds. The van der Waals surface area contributed by atoms with Crippen molar-refractivity contribution in [1.82, 2.24) is 0 Å². The lowest BCUT2D eigenvalue weighted by Crippen LogP contribution is -2.10. The highest BCUT2D eigenvalue weighted by Gasteiger charge is 2.00. The highest BCUT2D eigenvalue weighted by Crippen LogP contribution is 2.16. The Kier molecular flexibility index (Phi) is 4.03. The second-order valence-electron chi connectivity index (χ2n) is 4.08. The van der Waals surface area contributed by atoms with E-state index in [1.54, 1.807) is 31.4 Å². The van der Waals surface area contributed by atoms with Crippen LogP contribution in [-0.4, -0.2) is 12.9 Å². The second kappa shape index (κ2) is 5.91. The van der Waals surface area contributed by atoms with Gasteiger partial charge >= 0.3 is 0 Å². The van der Waals surface area contributed by atoms with Crippen molar-refractivity contribution in [2.24, 2.45) is 5.73 Å². The largest absolute Gasteiger partial charge is 0.497 e. The smallest absolute Gasteiger partial charge is 0.122 e. The lowest BCUT2D eigenvalue weighted by Gasteiger charge is -2.08. The number of ether oxygens (including phenoxy) is 2. The van der Waals surface area contributed by atoms with Crippen LogP contribution in [0.5, 0.6) is 11.5 Å². The maximum Gasteiger partial charge on any atom is 0.122 e. The molecule has 0 aliphatic carbocycles. The Hall–Kier alpha value is -2.49. The maximum absolute atomic E-state index is 7.31. The zero-order valence-corrected chi connectivity index (χ0v) is 10.7. The third kappa shape index (κ3) is 3.48. The summed E-state index contributed by atoms with van der Waals surface area (Å²) in [6.07, 6.45) is 0. The Labute approximate surface area is 112 Å². The SMILES string of the molecule is COc1cccc(COc2ccc(C(=N)N)cc2)c1. The minimum absolute atomic E-state index is 0.0549. The predicted molar refractivity (Wildman–Crippen MR) is 74.8 cm³/mol. The highest BCUT2D eigenvalue weighted by atomic mass is 16.5. The first-order chi connectivity index (χ1) is 9.19. The minimum atomic E-state index is 0.0549. The molecule has 0 fully saturated rings. The van der Waals surface area contributed by atoms with Crippen molar-refractivity contribution in [3.8, 4) is 11.5 Å². The summed E-state index contributed by atoms with van der Waals surface area (Å²) in [6.45, 7) is 0.469. The fraction of sp³-hybridized carbons (Fsp3) is 0.133. The highest BCUT2D eigenvalue weighted by molar-refractivity contribution is 5.94. The lowest BCUT2D eigenvalue weighted by molar-refractivity contribution is 0.305. The Morgan fingerprint density at radius 2 is 1.84 bits per heavy atom. The summed E-state index contributed by atoms with van der Waals surface area (Å²) in [5, 5.41) is 7.31. The van der Waals surface area contributed by atoms with Crippen LogP contribution in [0.25, 0.3) is 0 Å². The molecule has 3 N–H and O–H groups in total. The quantitative estimate of drug-likeness (QED) is 0.638. The van der Waals surface area contributed by atoms with Gasteiger partial charge in [-0.1, -0.05) is 12.1 Å². The van der Waals surface area contributed by atoms with Crippen molar-refractivity contribution in [3.63, 3.8) is 0 Å². The molecule has 0 bridgehead atoms. The van der Waals surface area contributed by atoms with Crippen LogP contribution in [0, 0.1) is 5.41 Å². The van der Waals surface area contributed by atoms with Crippen molar-refractivity contribution in [1.29, 1.82) is 5.41 Å². The van der Waals surface area contributed by atoms with E-state index in [-0.39, 0.29) is 5.84 Å². The Morgan fingerprint density at radius 1 is 1.11 bits per heavy atom. The molecule has 0 saturated carbocycles. The molecule has 19 heavy (non-hydrogen) atoms. The van der Waals surface area contributed by atoms with E-state index in [9.17, 15) is 0 Å². The molecular weight excluding hydrogens is 240 g/mol. The van der Waals surface area contributed by atoms with E-state index in [0.29, 0.717) is 12.2 Å². The van der Waals surface area contributed by atoms with Gasteiger partial charge in [-0.3, -0.25) is 5.41 Å². The molecule has 98 valence electrons. The third-order valence-electron chi connectivity index (χ3n) is 2.70. The fourth-order valence-electron chi connectivity index (χ4n) is 1.66.